The normalized spacial score (nSPS) is 9.89. The molecule has 8 heteroatoms. The largest absolute Gasteiger partial charge is 0.448 e. The molecule has 1 aromatic rings. The van der Waals surface area contributed by atoms with Crippen molar-refractivity contribution in [2.75, 3.05) is 37.9 Å². The van der Waals surface area contributed by atoms with Gasteiger partial charge in [-0.15, -0.1) is 0 Å². The summed E-state index contributed by atoms with van der Waals surface area (Å²) >= 11 is 0. The zero-order valence-electron chi connectivity index (χ0n) is 10.4. The Morgan fingerprint density at radius 3 is 2.78 bits per heavy atom. The fourth-order valence-corrected chi connectivity index (χ4v) is 1.24. The second-order valence-electron chi connectivity index (χ2n) is 3.33. The van der Waals surface area contributed by atoms with Crippen LogP contribution >= 0.6 is 0 Å². The summed E-state index contributed by atoms with van der Waals surface area (Å²) in [6.45, 7) is 0.908. The van der Waals surface area contributed by atoms with Gasteiger partial charge in [-0.2, -0.15) is 0 Å². The standard InChI is InChI=1S/C10H17N5O3/c1-12-7-5-8(13-3-4-18-10(11)16)15-9(14-7)6-17-2/h5H,3-4,6H2,1-2H3,(H2,11,16)(H2,12,13,14,15). The van der Waals surface area contributed by atoms with Crippen LogP contribution in [0.4, 0.5) is 16.4 Å². The quantitative estimate of drug-likeness (QED) is 0.595. The number of rotatable bonds is 7. The number of nitrogens with two attached hydrogens (primary N) is 1. The van der Waals surface area contributed by atoms with Crippen molar-refractivity contribution >= 4 is 17.7 Å². The van der Waals surface area contributed by atoms with E-state index in [9.17, 15) is 4.79 Å². The summed E-state index contributed by atoms with van der Waals surface area (Å²) in [5.74, 6) is 1.85. The number of primary amides is 1. The van der Waals surface area contributed by atoms with Gasteiger partial charge in [0.2, 0.25) is 0 Å². The van der Waals surface area contributed by atoms with Gasteiger partial charge in [0.25, 0.3) is 0 Å². The maximum Gasteiger partial charge on any atom is 0.404 e. The summed E-state index contributed by atoms with van der Waals surface area (Å²) in [7, 11) is 3.34. The smallest absolute Gasteiger partial charge is 0.404 e. The Morgan fingerprint density at radius 2 is 2.17 bits per heavy atom. The van der Waals surface area contributed by atoms with Gasteiger partial charge in [-0.1, -0.05) is 0 Å². The third-order valence-corrected chi connectivity index (χ3v) is 1.95. The summed E-state index contributed by atoms with van der Waals surface area (Å²) in [4.78, 5) is 18.8. The van der Waals surface area contributed by atoms with E-state index in [2.05, 4.69) is 25.3 Å². The van der Waals surface area contributed by atoms with Gasteiger partial charge in [0, 0.05) is 20.2 Å². The highest BCUT2D eigenvalue weighted by Gasteiger charge is 2.03. The van der Waals surface area contributed by atoms with Gasteiger partial charge in [-0.25, -0.2) is 14.8 Å². The number of amides is 1. The predicted octanol–water partition coefficient (Wildman–Crippen LogP) is 0.172. The van der Waals surface area contributed by atoms with Gasteiger partial charge in [-0.3, -0.25) is 0 Å². The van der Waals surface area contributed by atoms with Crippen molar-refractivity contribution in [2.24, 2.45) is 5.73 Å². The molecule has 100 valence electrons. The van der Waals surface area contributed by atoms with E-state index in [1.54, 1.807) is 20.2 Å². The van der Waals surface area contributed by atoms with Crippen molar-refractivity contribution in [3.63, 3.8) is 0 Å². The second-order valence-corrected chi connectivity index (χ2v) is 3.33. The molecule has 0 unspecified atom stereocenters. The lowest BCUT2D eigenvalue weighted by atomic mass is 10.4. The molecular weight excluding hydrogens is 238 g/mol. The number of hydrogen-bond donors (Lipinski definition) is 3. The Balaban J connectivity index is 2.57. The van der Waals surface area contributed by atoms with Gasteiger partial charge >= 0.3 is 6.09 Å². The molecule has 1 rings (SSSR count). The Labute approximate surface area is 105 Å². The third-order valence-electron chi connectivity index (χ3n) is 1.95. The molecule has 0 aliphatic rings. The average molecular weight is 255 g/mol. The highest BCUT2D eigenvalue weighted by molar-refractivity contribution is 5.64. The van der Waals surface area contributed by atoms with Crippen LogP contribution in [-0.2, 0) is 16.1 Å². The molecule has 0 fully saturated rings. The third kappa shape index (κ3) is 4.83. The molecule has 1 heterocycles. The van der Waals surface area contributed by atoms with Crippen LogP contribution in [0.5, 0.6) is 0 Å². The molecule has 0 aliphatic heterocycles. The fourth-order valence-electron chi connectivity index (χ4n) is 1.24. The molecule has 0 atom stereocenters. The zero-order chi connectivity index (χ0) is 13.4. The lowest BCUT2D eigenvalue weighted by Crippen LogP contribution is -2.19. The number of ether oxygens (including phenoxy) is 2. The van der Waals surface area contributed by atoms with Crippen LogP contribution in [0.1, 0.15) is 5.82 Å². The number of aromatic nitrogens is 2. The maximum atomic E-state index is 10.4. The van der Waals surface area contributed by atoms with Crippen molar-refractivity contribution in [1.82, 2.24) is 9.97 Å². The van der Waals surface area contributed by atoms with E-state index in [4.69, 9.17) is 10.5 Å². The van der Waals surface area contributed by atoms with E-state index in [0.717, 1.165) is 0 Å². The van der Waals surface area contributed by atoms with Crippen molar-refractivity contribution < 1.29 is 14.3 Å². The van der Waals surface area contributed by atoms with Crippen LogP contribution in [0.25, 0.3) is 0 Å². The maximum absolute atomic E-state index is 10.4. The summed E-state index contributed by atoms with van der Waals surface area (Å²) in [5, 5.41) is 5.92. The number of nitrogens with zero attached hydrogens (tertiary/aromatic N) is 2. The molecule has 0 bridgehead atoms. The zero-order valence-corrected chi connectivity index (χ0v) is 10.4. The number of carbonyl (C=O) groups is 1. The molecule has 0 radical (unpaired) electrons. The summed E-state index contributed by atoms with van der Waals surface area (Å²) in [6.07, 6.45) is -0.796. The lowest BCUT2D eigenvalue weighted by molar-refractivity contribution is 0.161. The van der Waals surface area contributed by atoms with E-state index in [0.29, 0.717) is 30.6 Å². The molecule has 0 saturated carbocycles. The number of hydrogen-bond acceptors (Lipinski definition) is 7. The molecule has 4 N–H and O–H groups in total. The highest BCUT2D eigenvalue weighted by atomic mass is 16.5. The average Bonchev–Trinajstić information content (AvgIpc) is 2.34. The van der Waals surface area contributed by atoms with Crippen LogP contribution in [-0.4, -0.2) is 43.4 Å². The molecule has 1 amide bonds. The van der Waals surface area contributed by atoms with Gasteiger partial charge < -0.3 is 25.8 Å². The number of anilines is 2. The summed E-state index contributed by atoms with van der Waals surface area (Å²) < 4.78 is 9.56. The van der Waals surface area contributed by atoms with E-state index in [1.807, 2.05) is 0 Å². The van der Waals surface area contributed by atoms with Crippen LogP contribution in [0, 0.1) is 0 Å². The van der Waals surface area contributed by atoms with Gasteiger partial charge in [0.1, 0.15) is 24.8 Å². The second kappa shape index (κ2) is 7.28. The first kappa shape index (κ1) is 14.0. The monoisotopic (exact) mass is 255 g/mol. The summed E-state index contributed by atoms with van der Waals surface area (Å²) in [6, 6.07) is 1.74. The molecule has 0 saturated heterocycles. The van der Waals surface area contributed by atoms with Crippen molar-refractivity contribution in [3.8, 4) is 0 Å². The number of methoxy groups -OCH3 is 1. The van der Waals surface area contributed by atoms with Crippen LogP contribution in [0.15, 0.2) is 6.07 Å². The van der Waals surface area contributed by atoms with E-state index in [1.165, 1.54) is 0 Å². The van der Waals surface area contributed by atoms with Crippen molar-refractivity contribution in [2.45, 2.75) is 6.61 Å². The predicted molar refractivity (Wildman–Crippen MR) is 66.3 cm³/mol. The van der Waals surface area contributed by atoms with Crippen LogP contribution in [0.3, 0.4) is 0 Å². The Bertz CT molecular complexity index is 399. The van der Waals surface area contributed by atoms with Gasteiger partial charge in [0.15, 0.2) is 5.82 Å². The first-order chi connectivity index (χ1) is 8.65. The molecule has 0 aliphatic carbocycles. The minimum Gasteiger partial charge on any atom is -0.448 e. The first-order valence-electron chi connectivity index (χ1n) is 5.36. The molecule has 18 heavy (non-hydrogen) atoms. The van der Waals surface area contributed by atoms with Crippen LogP contribution in [0.2, 0.25) is 0 Å². The number of nitrogens with one attached hydrogen (secondary N) is 2. The first-order valence-corrected chi connectivity index (χ1v) is 5.36. The van der Waals surface area contributed by atoms with Gasteiger partial charge in [0.05, 0.1) is 6.54 Å². The Hall–Kier alpha value is -2.09. The lowest BCUT2D eigenvalue weighted by Gasteiger charge is -2.09. The SMILES string of the molecule is CNc1cc(NCCOC(N)=O)nc(COC)n1. The van der Waals surface area contributed by atoms with E-state index >= 15 is 0 Å². The fraction of sp³-hybridized carbons (Fsp3) is 0.500. The minimum absolute atomic E-state index is 0.174. The van der Waals surface area contributed by atoms with Crippen LogP contribution < -0.4 is 16.4 Å². The molecular formula is C10H17N5O3. The van der Waals surface area contributed by atoms with Crippen molar-refractivity contribution in [1.29, 1.82) is 0 Å². The Kier molecular flexibility index (Phi) is 5.65. The number of carbonyl (C=O) groups excluding carboxylic acids is 1. The molecule has 1 aromatic heterocycles. The van der Waals surface area contributed by atoms with Crippen molar-refractivity contribution in [3.05, 3.63) is 11.9 Å². The Morgan fingerprint density at radius 1 is 1.44 bits per heavy atom. The summed E-state index contributed by atoms with van der Waals surface area (Å²) in [5.41, 5.74) is 4.84. The van der Waals surface area contributed by atoms with E-state index < -0.39 is 6.09 Å². The van der Waals surface area contributed by atoms with Gasteiger partial charge in [-0.05, 0) is 0 Å². The molecule has 0 spiro atoms. The minimum atomic E-state index is -0.796. The van der Waals surface area contributed by atoms with E-state index in [-0.39, 0.29) is 6.61 Å². The highest BCUT2D eigenvalue weighted by Crippen LogP contribution is 2.11. The molecule has 8 nitrogen and oxygen atoms in total. The topological polar surface area (TPSA) is 111 Å². The molecule has 0 aromatic carbocycles.